The van der Waals surface area contributed by atoms with Gasteiger partial charge in [0.15, 0.2) is 0 Å². The van der Waals surface area contributed by atoms with Crippen molar-refractivity contribution in [2.45, 2.75) is 25.5 Å². The minimum absolute atomic E-state index is 0.292. The highest BCUT2D eigenvalue weighted by atomic mass is 16.5. The summed E-state index contributed by atoms with van der Waals surface area (Å²) >= 11 is 0. The van der Waals surface area contributed by atoms with Gasteiger partial charge in [-0.05, 0) is 42.0 Å². The van der Waals surface area contributed by atoms with E-state index in [2.05, 4.69) is 34.3 Å². The molecule has 1 unspecified atom stereocenters. The Morgan fingerprint density at radius 1 is 1.04 bits per heavy atom. The van der Waals surface area contributed by atoms with E-state index in [9.17, 15) is 0 Å². The predicted octanol–water partition coefficient (Wildman–Crippen LogP) is 3.86. The molecule has 1 aliphatic carbocycles. The number of hydrogen-bond acceptors (Lipinski definition) is 3. The minimum Gasteiger partial charge on any atom is -0.489 e. The van der Waals surface area contributed by atoms with Gasteiger partial charge in [0, 0.05) is 0 Å². The van der Waals surface area contributed by atoms with Gasteiger partial charge in [0.25, 0.3) is 0 Å². The largest absolute Gasteiger partial charge is 0.489 e. The van der Waals surface area contributed by atoms with Crippen molar-refractivity contribution in [3.63, 3.8) is 0 Å². The number of hydrogen-bond donors (Lipinski definition) is 0. The highest BCUT2D eigenvalue weighted by Gasteiger charge is 2.34. The summed E-state index contributed by atoms with van der Waals surface area (Å²) < 4.78 is 7.83. The molecule has 23 heavy (non-hydrogen) atoms. The fourth-order valence-corrected chi connectivity index (χ4v) is 2.92. The van der Waals surface area contributed by atoms with E-state index in [0.717, 1.165) is 5.75 Å². The topological polar surface area (TPSA) is 39.9 Å². The summed E-state index contributed by atoms with van der Waals surface area (Å²) in [5.74, 6) is 1.57. The summed E-state index contributed by atoms with van der Waals surface area (Å²) in [6.45, 7) is 0.593. The second-order valence-corrected chi connectivity index (χ2v) is 6.00. The maximum absolute atomic E-state index is 5.86. The lowest BCUT2D eigenvalue weighted by molar-refractivity contribution is 0.306. The second-order valence-electron chi connectivity index (χ2n) is 6.00. The van der Waals surface area contributed by atoms with Gasteiger partial charge in [0.05, 0.1) is 6.04 Å². The van der Waals surface area contributed by atoms with Crippen molar-refractivity contribution < 1.29 is 4.74 Å². The standard InChI is InChI=1S/C19H19N3O/c1-2-4-15(5-3-1)12-23-18-10-8-17(9-11-18)19(16-6-7-16)22-14-20-13-21-22/h1-5,8-11,13-14,16,19H,6-7,12H2. The average molecular weight is 305 g/mol. The van der Waals surface area contributed by atoms with Crippen LogP contribution in [0.25, 0.3) is 0 Å². The molecule has 0 radical (unpaired) electrons. The second kappa shape index (κ2) is 6.24. The Bertz CT molecular complexity index is 734. The zero-order chi connectivity index (χ0) is 15.5. The van der Waals surface area contributed by atoms with Crippen molar-refractivity contribution in [3.8, 4) is 5.75 Å². The van der Waals surface area contributed by atoms with Crippen molar-refractivity contribution in [1.82, 2.24) is 14.8 Å². The van der Waals surface area contributed by atoms with Crippen molar-refractivity contribution in [2.75, 3.05) is 0 Å². The Morgan fingerprint density at radius 3 is 2.48 bits per heavy atom. The lowest BCUT2D eigenvalue weighted by Gasteiger charge is -2.17. The third kappa shape index (κ3) is 3.26. The summed E-state index contributed by atoms with van der Waals surface area (Å²) in [5, 5.41) is 4.33. The Kier molecular flexibility index (Phi) is 3.80. The van der Waals surface area contributed by atoms with Crippen LogP contribution >= 0.6 is 0 Å². The van der Waals surface area contributed by atoms with E-state index >= 15 is 0 Å². The van der Waals surface area contributed by atoms with Crippen LogP contribution in [0.3, 0.4) is 0 Å². The van der Waals surface area contributed by atoms with Crippen LogP contribution in [0.2, 0.25) is 0 Å². The molecule has 0 bridgehead atoms. The molecule has 1 heterocycles. The predicted molar refractivity (Wildman–Crippen MR) is 88.1 cm³/mol. The molecule has 1 atom stereocenters. The summed E-state index contributed by atoms with van der Waals surface area (Å²) in [6.07, 6.45) is 5.93. The van der Waals surface area contributed by atoms with E-state index in [4.69, 9.17) is 4.74 Å². The van der Waals surface area contributed by atoms with Gasteiger partial charge in [-0.3, -0.25) is 0 Å². The van der Waals surface area contributed by atoms with Crippen LogP contribution in [-0.4, -0.2) is 14.8 Å². The number of nitrogens with zero attached hydrogens (tertiary/aromatic N) is 3. The minimum atomic E-state index is 0.292. The lowest BCUT2D eigenvalue weighted by atomic mass is 10.0. The van der Waals surface area contributed by atoms with Gasteiger partial charge in [-0.1, -0.05) is 42.5 Å². The smallest absolute Gasteiger partial charge is 0.137 e. The van der Waals surface area contributed by atoms with Crippen LogP contribution in [0.15, 0.2) is 67.3 Å². The maximum Gasteiger partial charge on any atom is 0.137 e. The normalized spacial score (nSPS) is 15.3. The number of aromatic nitrogens is 3. The summed E-state index contributed by atoms with van der Waals surface area (Å²) in [7, 11) is 0. The van der Waals surface area contributed by atoms with Crippen molar-refractivity contribution in [2.24, 2.45) is 5.92 Å². The van der Waals surface area contributed by atoms with Crippen LogP contribution in [-0.2, 0) is 6.61 Å². The molecular formula is C19H19N3O. The zero-order valence-corrected chi connectivity index (χ0v) is 12.9. The molecule has 4 rings (SSSR count). The molecule has 0 spiro atoms. The molecular weight excluding hydrogens is 286 g/mol. The molecule has 116 valence electrons. The van der Waals surface area contributed by atoms with E-state index in [1.165, 1.54) is 24.0 Å². The van der Waals surface area contributed by atoms with Gasteiger partial charge < -0.3 is 4.74 Å². The van der Waals surface area contributed by atoms with Crippen LogP contribution in [0, 0.1) is 5.92 Å². The molecule has 1 aliphatic rings. The van der Waals surface area contributed by atoms with Gasteiger partial charge in [0.2, 0.25) is 0 Å². The van der Waals surface area contributed by atoms with Crippen LogP contribution < -0.4 is 4.74 Å². The van der Waals surface area contributed by atoms with Crippen LogP contribution in [0.5, 0.6) is 5.75 Å². The number of rotatable bonds is 6. The van der Waals surface area contributed by atoms with E-state index < -0.39 is 0 Å². The van der Waals surface area contributed by atoms with Crippen molar-refractivity contribution >= 4 is 0 Å². The molecule has 4 nitrogen and oxygen atoms in total. The molecule has 1 fully saturated rings. The van der Waals surface area contributed by atoms with Crippen molar-refractivity contribution in [1.29, 1.82) is 0 Å². The van der Waals surface area contributed by atoms with Gasteiger partial charge in [-0.25, -0.2) is 9.67 Å². The first-order valence-corrected chi connectivity index (χ1v) is 8.01. The first-order valence-electron chi connectivity index (χ1n) is 8.01. The molecule has 0 amide bonds. The summed E-state index contributed by atoms with van der Waals surface area (Å²) in [4.78, 5) is 4.09. The molecule has 4 heteroatoms. The molecule has 0 saturated heterocycles. The van der Waals surface area contributed by atoms with E-state index in [1.807, 2.05) is 41.3 Å². The van der Waals surface area contributed by atoms with E-state index in [1.54, 1.807) is 6.33 Å². The molecule has 0 aliphatic heterocycles. The Labute approximate surface area is 135 Å². The first kappa shape index (κ1) is 14.0. The molecule has 1 aromatic heterocycles. The highest BCUT2D eigenvalue weighted by molar-refractivity contribution is 5.31. The van der Waals surface area contributed by atoms with E-state index in [-0.39, 0.29) is 0 Å². The monoisotopic (exact) mass is 305 g/mol. The molecule has 2 aromatic carbocycles. The number of benzene rings is 2. The summed E-state index contributed by atoms with van der Waals surface area (Å²) in [5.41, 5.74) is 2.44. The summed E-state index contributed by atoms with van der Waals surface area (Å²) in [6, 6.07) is 18.9. The van der Waals surface area contributed by atoms with Gasteiger partial charge >= 0.3 is 0 Å². The Morgan fingerprint density at radius 2 is 1.83 bits per heavy atom. The SMILES string of the molecule is c1ccc(COc2ccc(C(C3CC3)n3cncn3)cc2)cc1. The van der Waals surface area contributed by atoms with Gasteiger partial charge in [-0.15, -0.1) is 0 Å². The first-order chi connectivity index (χ1) is 11.4. The quantitative estimate of drug-likeness (QED) is 0.694. The lowest BCUT2D eigenvalue weighted by Crippen LogP contribution is -2.13. The maximum atomic E-state index is 5.86. The zero-order valence-electron chi connectivity index (χ0n) is 12.9. The molecule has 3 aromatic rings. The molecule has 0 N–H and O–H groups in total. The number of ether oxygens (including phenoxy) is 1. The van der Waals surface area contributed by atoms with Crippen LogP contribution in [0.1, 0.15) is 30.0 Å². The van der Waals surface area contributed by atoms with Crippen molar-refractivity contribution in [3.05, 3.63) is 78.4 Å². The fraction of sp³-hybridized carbons (Fsp3) is 0.263. The Balaban J connectivity index is 1.47. The van der Waals surface area contributed by atoms with Gasteiger partial charge in [-0.2, -0.15) is 5.10 Å². The molecule has 1 saturated carbocycles. The Hall–Kier alpha value is -2.62. The van der Waals surface area contributed by atoms with Crippen LogP contribution in [0.4, 0.5) is 0 Å². The van der Waals surface area contributed by atoms with Gasteiger partial charge in [0.1, 0.15) is 25.0 Å². The van der Waals surface area contributed by atoms with E-state index in [0.29, 0.717) is 18.6 Å². The third-order valence-electron chi connectivity index (χ3n) is 4.26. The highest BCUT2D eigenvalue weighted by Crippen LogP contribution is 2.43. The third-order valence-corrected chi connectivity index (χ3v) is 4.26. The average Bonchev–Trinajstić information content (AvgIpc) is 3.29. The fourth-order valence-electron chi connectivity index (χ4n) is 2.92.